The fraction of sp³-hybridized carbons (Fsp3) is 0.273. The van der Waals surface area contributed by atoms with Gasteiger partial charge in [0.05, 0.1) is 0 Å². The molecule has 0 bridgehead atoms. The monoisotopic (exact) mass is 286 g/mol. The van der Waals surface area contributed by atoms with Gasteiger partial charge >= 0.3 is 0 Å². The Morgan fingerprint density at radius 1 is 0.818 bits per heavy atom. The van der Waals surface area contributed by atoms with Crippen molar-refractivity contribution in [2.24, 2.45) is 11.8 Å². The van der Waals surface area contributed by atoms with Crippen LogP contribution in [-0.2, 0) is 0 Å². The Balaban J connectivity index is 1.76. The highest BCUT2D eigenvalue weighted by Crippen LogP contribution is 2.50. The molecule has 4 rings (SSSR count). The first-order chi connectivity index (χ1) is 10.9. The zero-order valence-electron chi connectivity index (χ0n) is 13.1. The normalized spacial score (nSPS) is 17.7. The minimum Gasteiger partial charge on any atom is -0.0776 e. The molecule has 22 heavy (non-hydrogen) atoms. The van der Waals surface area contributed by atoms with Crippen LogP contribution in [-0.4, -0.2) is 0 Å². The molecule has 0 aliphatic heterocycles. The van der Waals surface area contributed by atoms with Crippen LogP contribution >= 0.6 is 0 Å². The minimum atomic E-state index is 0.555. The Labute approximate surface area is 133 Å². The molecule has 0 aromatic heterocycles. The number of fused-ring (bicyclic) bond motifs is 3. The fourth-order valence-corrected chi connectivity index (χ4v) is 4.23. The molecule has 2 aromatic carbocycles. The summed E-state index contributed by atoms with van der Waals surface area (Å²) < 4.78 is 0. The maximum Gasteiger partial charge on any atom is 0.0130 e. The van der Waals surface area contributed by atoms with E-state index in [1.165, 1.54) is 35.1 Å². The van der Waals surface area contributed by atoms with Gasteiger partial charge in [-0.25, -0.2) is 0 Å². The molecule has 0 amide bonds. The van der Waals surface area contributed by atoms with Gasteiger partial charge in [-0.3, -0.25) is 0 Å². The second kappa shape index (κ2) is 5.61. The summed E-state index contributed by atoms with van der Waals surface area (Å²) in [7, 11) is 0. The van der Waals surface area contributed by atoms with Crippen LogP contribution in [0.5, 0.6) is 0 Å². The Hall–Kier alpha value is -2.08. The molecule has 1 unspecified atom stereocenters. The predicted octanol–water partition coefficient (Wildman–Crippen LogP) is 5.96. The molecule has 0 spiro atoms. The number of benzene rings is 2. The van der Waals surface area contributed by atoms with Gasteiger partial charge in [-0.2, -0.15) is 0 Å². The lowest BCUT2D eigenvalue weighted by atomic mass is 9.78. The lowest BCUT2D eigenvalue weighted by molar-refractivity contribution is 0.400. The van der Waals surface area contributed by atoms with Gasteiger partial charge in [0.25, 0.3) is 0 Å². The van der Waals surface area contributed by atoms with Gasteiger partial charge in [0.2, 0.25) is 0 Å². The molecule has 2 aliphatic rings. The van der Waals surface area contributed by atoms with Crippen LogP contribution < -0.4 is 0 Å². The van der Waals surface area contributed by atoms with Crippen LogP contribution in [0.15, 0.2) is 72.8 Å². The lowest BCUT2D eigenvalue weighted by Crippen LogP contribution is -2.14. The summed E-state index contributed by atoms with van der Waals surface area (Å²) in [6, 6.07) is 18.0. The highest BCUT2D eigenvalue weighted by Gasteiger charge is 2.33. The van der Waals surface area contributed by atoms with Crippen LogP contribution in [0.4, 0.5) is 0 Å². The highest BCUT2D eigenvalue weighted by molar-refractivity contribution is 5.78. The molecule has 0 heteroatoms. The van der Waals surface area contributed by atoms with E-state index < -0.39 is 0 Å². The first-order valence-corrected chi connectivity index (χ1v) is 8.41. The standard InChI is InChI=1S/C22H22/c1-2-17(15-16-9-3-4-10-16)22-20-13-7-5-11-18(20)19-12-6-8-14-21(19)22/h3-14,16-17,22H,2,15H2,1H3. The van der Waals surface area contributed by atoms with Crippen molar-refractivity contribution in [2.45, 2.75) is 25.7 Å². The van der Waals surface area contributed by atoms with E-state index in [9.17, 15) is 0 Å². The second-order valence-corrected chi connectivity index (χ2v) is 6.49. The minimum absolute atomic E-state index is 0.555. The highest BCUT2D eigenvalue weighted by atomic mass is 14.4. The molecular weight excluding hydrogens is 264 g/mol. The molecule has 0 heterocycles. The summed E-state index contributed by atoms with van der Waals surface area (Å²) in [5.74, 6) is 1.87. The summed E-state index contributed by atoms with van der Waals surface area (Å²) in [5, 5.41) is 0. The SMILES string of the molecule is CCC(CC1C=CC=C1)C1c2ccccc2-c2ccccc21. The molecule has 0 saturated carbocycles. The van der Waals surface area contributed by atoms with Gasteiger partial charge in [-0.1, -0.05) is 86.2 Å². The predicted molar refractivity (Wildman–Crippen MR) is 93.9 cm³/mol. The molecule has 0 N–H and O–H groups in total. The summed E-state index contributed by atoms with van der Waals surface area (Å²) in [6.07, 6.45) is 11.5. The van der Waals surface area contributed by atoms with E-state index in [1.54, 1.807) is 0 Å². The van der Waals surface area contributed by atoms with E-state index in [4.69, 9.17) is 0 Å². The third kappa shape index (κ3) is 2.14. The van der Waals surface area contributed by atoms with Crippen molar-refractivity contribution >= 4 is 0 Å². The van der Waals surface area contributed by atoms with Crippen LogP contribution in [0.25, 0.3) is 11.1 Å². The van der Waals surface area contributed by atoms with Crippen molar-refractivity contribution in [1.29, 1.82) is 0 Å². The summed E-state index contributed by atoms with van der Waals surface area (Å²) in [6.45, 7) is 2.34. The number of allylic oxidation sites excluding steroid dienone is 4. The number of hydrogen-bond donors (Lipinski definition) is 0. The molecule has 2 aliphatic carbocycles. The van der Waals surface area contributed by atoms with Crippen LogP contribution in [0.2, 0.25) is 0 Å². The van der Waals surface area contributed by atoms with E-state index in [-0.39, 0.29) is 0 Å². The quantitative estimate of drug-likeness (QED) is 0.650. The fourth-order valence-electron chi connectivity index (χ4n) is 4.23. The van der Waals surface area contributed by atoms with Crippen molar-refractivity contribution in [2.75, 3.05) is 0 Å². The van der Waals surface area contributed by atoms with Gasteiger partial charge in [0.15, 0.2) is 0 Å². The van der Waals surface area contributed by atoms with Crippen molar-refractivity contribution in [3.05, 3.63) is 84.0 Å². The zero-order valence-corrected chi connectivity index (χ0v) is 13.1. The second-order valence-electron chi connectivity index (χ2n) is 6.49. The summed E-state index contributed by atoms with van der Waals surface area (Å²) >= 11 is 0. The molecule has 0 nitrogen and oxygen atoms in total. The average molecular weight is 286 g/mol. The maximum atomic E-state index is 2.34. The smallest absolute Gasteiger partial charge is 0.0130 e. The summed E-state index contributed by atoms with van der Waals surface area (Å²) in [5.41, 5.74) is 5.95. The molecule has 0 radical (unpaired) electrons. The third-order valence-corrected chi connectivity index (χ3v) is 5.28. The van der Waals surface area contributed by atoms with Crippen LogP contribution in [0, 0.1) is 11.8 Å². The Kier molecular flexibility index (Phi) is 3.46. The van der Waals surface area contributed by atoms with Crippen molar-refractivity contribution in [3.63, 3.8) is 0 Å². The van der Waals surface area contributed by atoms with E-state index in [0.717, 1.165) is 0 Å². The van der Waals surface area contributed by atoms with Gasteiger partial charge in [-0.05, 0) is 40.5 Å². The average Bonchev–Trinajstić information content (AvgIpc) is 3.18. The Morgan fingerprint density at radius 2 is 1.36 bits per heavy atom. The topological polar surface area (TPSA) is 0 Å². The van der Waals surface area contributed by atoms with E-state index >= 15 is 0 Å². The van der Waals surface area contributed by atoms with E-state index in [1.807, 2.05) is 0 Å². The Morgan fingerprint density at radius 3 is 1.91 bits per heavy atom. The van der Waals surface area contributed by atoms with E-state index in [2.05, 4.69) is 79.8 Å². The molecule has 0 saturated heterocycles. The number of rotatable bonds is 4. The largest absolute Gasteiger partial charge is 0.0776 e. The van der Waals surface area contributed by atoms with Gasteiger partial charge < -0.3 is 0 Å². The summed E-state index contributed by atoms with van der Waals surface area (Å²) in [4.78, 5) is 0. The molecular formula is C22H22. The van der Waals surface area contributed by atoms with Crippen molar-refractivity contribution < 1.29 is 0 Å². The van der Waals surface area contributed by atoms with Gasteiger partial charge in [-0.15, -0.1) is 0 Å². The molecule has 110 valence electrons. The first-order valence-electron chi connectivity index (χ1n) is 8.41. The van der Waals surface area contributed by atoms with E-state index in [0.29, 0.717) is 17.8 Å². The zero-order chi connectivity index (χ0) is 14.9. The Bertz CT molecular complexity index is 678. The van der Waals surface area contributed by atoms with Crippen molar-refractivity contribution in [1.82, 2.24) is 0 Å². The molecule has 1 atom stereocenters. The van der Waals surface area contributed by atoms with Crippen LogP contribution in [0.1, 0.15) is 36.8 Å². The third-order valence-electron chi connectivity index (χ3n) is 5.28. The molecule has 2 aromatic rings. The maximum absolute atomic E-state index is 2.34. The lowest BCUT2D eigenvalue weighted by Gasteiger charge is -2.26. The van der Waals surface area contributed by atoms with Gasteiger partial charge in [0, 0.05) is 5.92 Å². The van der Waals surface area contributed by atoms with Crippen LogP contribution in [0.3, 0.4) is 0 Å². The molecule has 0 fully saturated rings. The van der Waals surface area contributed by atoms with Gasteiger partial charge in [0.1, 0.15) is 0 Å². The van der Waals surface area contributed by atoms with Crippen molar-refractivity contribution in [3.8, 4) is 11.1 Å². The number of hydrogen-bond acceptors (Lipinski definition) is 0. The first kappa shape index (κ1) is 13.6.